The van der Waals surface area contributed by atoms with Crippen molar-refractivity contribution in [1.29, 1.82) is 0 Å². The molecule has 0 radical (unpaired) electrons. The number of rotatable bonds is 4. The second-order valence-corrected chi connectivity index (χ2v) is 6.93. The molecule has 0 atom stereocenters. The third-order valence-corrected chi connectivity index (χ3v) is 4.61. The van der Waals surface area contributed by atoms with Gasteiger partial charge in [0.1, 0.15) is 0 Å². The Morgan fingerprint density at radius 1 is 1.05 bits per heavy atom. The Kier molecular flexibility index (Phi) is 3.61. The number of hydrogen-bond donors (Lipinski definition) is 2. The van der Waals surface area contributed by atoms with Crippen LogP contribution in [0.25, 0.3) is 10.9 Å². The lowest BCUT2D eigenvalue weighted by Gasteiger charge is -2.08. The molecule has 0 aliphatic rings. The summed E-state index contributed by atoms with van der Waals surface area (Å²) >= 11 is 5.79. The number of hydrogen-bond acceptors (Lipinski definition) is 2. The van der Waals surface area contributed by atoms with Crippen LogP contribution in [-0.2, 0) is 15.8 Å². The number of sulfonamides is 1. The zero-order chi connectivity index (χ0) is 14.9. The monoisotopic (exact) mass is 320 g/mol. The molecule has 108 valence electrons. The fourth-order valence-electron chi connectivity index (χ4n) is 2.13. The second-order valence-electron chi connectivity index (χ2n) is 4.77. The molecular formula is C15H13ClN2O2S. The number of aromatic nitrogens is 1. The maximum absolute atomic E-state index is 12.2. The average molecular weight is 321 g/mol. The van der Waals surface area contributed by atoms with Gasteiger partial charge < -0.3 is 4.98 Å². The first-order valence-electron chi connectivity index (χ1n) is 6.34. The molecular weight excluding hydrogens is 308 g/mol. The fraction of sp³-hybridized carbons (Fsp3) is 0.0667. The van der Waals surface area contributed by atoms with Crippen LogP contribution in [-0.4, -0.2) is 13.4 Å². The normalized spacial score (nSPS) is 11.7. The first-order valence-corrected chi connectivity index (χ1v) is 8.37. The van der Waals surface area contributed by atoms with Crippen molar-refractivity contribution in [3.8, 4) is 0 Å². The van der Waals surface area contributed by atoms with E-state index < -0.39 is 10.0 Å². The van der Waals surface area contributed by atoms with E-state index in [0.29, 0.717) is 16.3 Å². The van der Waals surface area contributed by atoms with E-state index in [1.54, 1.807) is 36.4 Å². The quantitative estimate of drug-likeness (QED) is 0.768. The van der Waals surface area contributed by atoms with Gasteiger partial charge in [0, 0.05) is 27.8 Å². The van der Waals surface area contributed by atoms with Gasteiger partial charge in [-0.05, 0) is 42.0 Å². The Morgan fingerprint density at radius 3 is 2.57 bits per heavy atom. The Morgan fingerprint density at radius 2 is 1.81 bits per heavy atom. The zero-order valence-corrected chi connectivity index (χ0v) is 12.6. The molecule has 1 aromatic heterocycles. The van der Waals surface area contributed by atoms with Crippen molar-refractivity contribution in [2.24, 2.45) is 0 Å². The van der Waals surface area contributed by atoms with Gasteiger partial charge in [0.15, 0.2) is 0 Å². The molecule has 1 heterocycles. The minimum absolute atomic E-state index is 0.0880. The molecule has 2 aromatic carbocycles. The van der Waals surface area contributed by atoms with E-state index in [0.717, 1.165) is 10.9 Å². The first-order chi connectivity index (χ1) is 10.0. The number of aromatic amines is 1. The zero-order valence-electron chi connectivity index (χ0n) is 11.0. The summed E-state index contributed by atoms with van der Waals surface area (Å²) in [6, 6.07) is 14.0. The van der Waals surface area contributed by atoms with Gasteiger partial charge in [-0.1, -0.05) is 23.7 Å². The van der Waals surface area contributed by atoms with Crippen molar-refractivity contribution in [3.05, 3.63) is 65.3 Å². The Labute approximate surface area is 127 Å². The third kappa shape index (κ3) is 3.37. The van der Waals surface area contributed by atoms with E-state index in [9.17, 15) is 8.42 Å². The molecule has 4 nitrogen and oxygen atoms in total. The smallest absolute Gasteiger partial charge is 0.236 e. The Bertz CT molecular complexity index is 870. The van der Waals surface area contributed by atoms with E-state index in [4.69, 9.17) is 11.6 Å². The molecule has 3 rings (SSSR count). The fourth-order valence-corrected chi connectivity index (χ4v) is 3.45. The van der Waals surface area contributed by atoms with E-state index in [1.165, 1.54) is 0 Å². The van der Waals surface area contributed by atoms with Crippen LogP contribution in [0.2, 0.25) is 5.02 Å². The van der Waals surface area contributed by atoms with Gasteiger partial charge in [0.2, 0.25) is 10.0 Å². The van der Waals surface area contributed by atoms with Gasteiger partial charge in [0.25, 0.3) is 0 Å². The van der Waals surface area contributed by atoms with E-state index in [2.05, 4.69) is 9.71 Å². The average Bonchev–Trinajstić information content (AvgIpc) is 2.88. The minimum Gasteiger partial charge on any atom is -0.361 e. The maximum Gasteiger partial charge on any atom is 0.236 e. The summed E-state index contributed by atoms with van der Waals surface area (Å²) in [5.41, 5.74) is 2.21. The van der Waals surface area contributed by atoms with Crippen molar-refractivity contribution in [2.75, 3.05) is 4.72 Å². The van der Waals surface area contributed by atoms with Crippen LogP contribution >= 0.6 is 11.6 Å². The van der Waals surface area contributed by atoms with Crippen LogP contribution < -0.4 is 4.72 Å². The number of benzene rings is 2. The summed E-state index contributed by atoms with van der Waals surface area (Å²) < 4.78 is 26.9. The first kappa shape index (κ1) is 14.0. The summed E-state index contributed by atoms with van der Waals surface area (Å²) in [5, 5.41) is 1.55. The van der Waals surface area contributed by atoms with Gasteiger partial charge in [-0.2, -0.15) is 0 Å². The summed E-state index contributed by atoms with van der Waals surface area (Å²) in [7, 11) is -3.46. The number of anilines is 1. The lowest BCUT2D eigenvalue weighted by atomic mass is 10.2. The molecule has 2 N–H and O–H groups in total. The SMILES string of the molecule is O=S(=O)(Cc1ccc(Cl)cc1)Nc1ccc2[nH]ccc2c1. The molecule has 6 heteroatoms. The van der Waals surface area contributed by atoms with E-state index in [-0.39, 0.29) is 5.75 Å². The van der Waals surface area contributed by atoms with Crippen LogP contribution in [0.3, 0.4) is 0 Å². The standard InChI is InChI=1S/C15H13ClN2O2S/c16-13-3-1-11(2-4-13)10-21(19,20)18-14-5-6-15-12(9-14)7-8-17-15/h1-9,17-18H,10H2. The maximum atomic E-state index is 12.2. The third-order valence-electron chi connectivity index (χ3n) is 3.10. The predicted octanol–water partition coefficient (Wildman–Crippen LogP) is 3.76. The van der Waals surface area contributed by atoms with Crippen molar-refractivity contribution < 1.29 is 8.42 Å². The summed E-state index contributed by atoms with van der Waals surface area (Å²) in [5.74, 6) is -0.0880. The number of nitrogens with one attached hydrogen (secondary N) is 2. The highest BCUT2D eigenvalue weighted by Crippen LogP contribution is 2.20. The summed E-state index contributed by atoms with van der Waals surface area (Å²) in [6.45, 7) is 0. The highest BCUT2D eigenvalue weighted by atomic mass is 35.5. The van der Waals surface area contributed by atoms with Crippen LogP contribution in [0.1, 0.15) is 5.56 Å². The molecule has 0 aliphatic heterocycles. The molecule has 0 bridgehead atoms. The molecule has 0 amide bonds. The summed E-state index contributed by atoms with van der Waals surface area (Å²) in [6.07, 6.45) is 1.82. The van der Waals surface area contributed by atoms with Gasteiger partial charge in [-0.3, -0.25) is 4.72 Å². The minimum atomic E-state index is -3.46. The van der Waals surface area contributed by atoms with Crippen LogP contribution in [0.15, 0.2) is 54.7 Å². The van der Waals surface area contributed by atoms with Gasteiger partial charge in [0.05, 0.1) is 5.75 Å². The largest absolute Gasteiger partial charge is 0.361 e. The van der Waals surface area contributed by atoms with Crippen molar-refractivity contribution in [1.82, 2.24) is 4.98 Å². The second kappa shape index (κ2) is 5.42. The Balaban J connectivity index is 1.80. The van der Waals surface area contributed by atoms with Crippen LogP contribution in [0.5, 0.6) is 0 Å². The topological polar surface area (TPSA) is 62.0 Å². The van der Waals surface area contributed by atoms with Crippen molar-refractivity contribution >= 4 is 38.2 Å². The molecule has 0 unspecified atom stereocenters. The number of H-pyrrole nitrogens is 1. The number of fused-ring (bicyclic) bond motifs is 1. The molecule has 21 heavy (non-hydrogen) atoms. The van der Waals surface area contributed by atoms with Crippen LogP contribution in [0, 0.1) is 0 Å². The van der Waals surface area contributed by atoms with Crippen molar-refractivity contribution in [2.45, 2.75) is 5.75 Å². The molecule has 0 aliphatic carbocycles. The highest BCUT2D eigenvalue weighted by molar-refractivity contribution is 7.91. The highest BCUT2D eigenvalue weighted by Gasteiger charge is 2.12. The molecule has 3 aromatic rings. The van der Waals surface area contributed by atoms with E-state index in [1.807, 2.05) is 18.3 Å². The summed E-state index contributed by atoms with van der Waals surface area (Å²) in [4.78, 5) is 3.06. The number of halogens is 1. The Hall–Kier alpha value is -1.98. The lowest BCUT2D eigenvalue weighted by Crippen LogP contribution is -2.14. The molecule has 0 spiro atoms. The van der Waals surface area contributed by atoms with Gasteiger partial charge >= 0.3 is 0 Å². The molecule has 0 fully saturated rings. The van der Waals surface area contributed by atoms with Crippen molar-refractivity contribution in [3.63, 3.8) is 0 Å². The van der Waals surface area contributed by atoms with E-state index >= 15 is 0 Å². The molecule has 0 saturated heterocycles. The van der Waals surface area contributed by atoms with Crippen LogP contribution in [0.4, 0.5) is 5.69 Å². The van der Waals surface area contributed by atoms with Gasteiger partial charge in [-0.25, -0.2) is 8.42 Å². The molecule has 0 saturated carbocycles. The van der Waals surface area contributed by atoms with Gasteiger partial charge in [-0.15, -0.1) is 0 Å². The lowest BCUT2D eigenvalue weighted by molar-refractivity contribution is 0.600. The predicted molar refractivity (Wildman–Crippen MR) is 86.0 cm³/mol.